The zero-order valence-electron chi connectivity index (χ0n) is 6.62. The fourth-order valence-corrected chi connectivity index (χ4v) is 1.78. The predicted molar refractivity (Wildman–Crippen MR) is 57.2 cm³/mol. The molecule has 0 unspecified atom stereocenters. The van der Waals surface area contributed by atoms with Gasteiger partial charge in [-0.05, 0) is 12.1 Å². The first-order valence-electron chi connectivity index (χ1n) is 3.47. The van der Waals surface area contributed by atoms with Gasteiger partial charge in [-0.25, -0.2) is 4.79 Å². The monoisotopic (exact) mass is 293 g/mol. The van der Waals surface area contributed by atoms with Crippen molar-refractivity contribution in [1.29, 1.82) is 0 Å². The maximum absolute atomic E-state index is 10.5. The minimum absolute atomic E-state index is 0.00333. The van der Waals surface area contributed by atoms with E-state index < -0.39 is 5.97 Å². The Morgan fingerprint density at radius 2 is 2.15 bits per heavy atom. The molecule has 13 heavy (non-hydrogen) atoms. The third kappa shape index (κ3) is 2.03. The summed E-state index contributed by atoms with van der Waals surface area (Å²) in [6.45, 7) is 0. The summed E-state index contributed by atoms with van der Waals surface area (Å²) in [4.78, 5) is 10.5. The van der Waals surface area contributed by atoms with E-state index in [-0.39, 0.29) is 11.3 Å². The Morgan fingerprint density at radius 1 is 1.54 bits per heavy atom. The van der Waals surface area contributed by atoms with Gasteiger partial charge < -0.3 is 15.9 Å². The molecule has 0 bridgehead atoms. The highest BCUT2D eigenvalue weighted by molar-refractivity contribution is 14.1. The van der Waals surface area contributed by atoms with Crippen LogP contribution in [0.1, 0.15) is 15.9 Å². The van der Waals surface area contributed by atoms with Gasteiger partial charge in [-0.15, -0.1) is 0 Å². The van der Waals surface area contributed by atoms with Crippen molar-refractivity contribution in [2.45, 2.75) is 4.43 Å². The molecule has 4 nitrogen and oxygen atoms in total. The zero-order chi connectivity index (χ0) is 10.0. The first-order chi connectivity index (χ1) is 6.06. The topological polar surface area (TPSA) is 83.6 Å². The van der Waals surface area contributed by atoms with Crippen molar-refractivity contribution in [3.63, 3.8) is 0 Å². The molecule has 0 amide bonds. The second kappa shape index (κ2) is 3.82. The number of carboxylic acid groups (broad SMARTS) is 1. The molecule has 0 aromatic heterocycles. The molecular formula is C8H8INO3. The number of alkyl halides is 1. The van der Waals surface area contributed by atoms with Gasteiger partial charge in [0.15, 0.2) is 0 Å². The predicted octanol–water partition coefficient (Wildman–Crippen LogP) is 1.61. The van der Waals surface area contributed by atoms with Crippen molar-refractivity contribution in [2.75, 3.05) is 5.73 Å². The Labute approximate surface area is 88.5 Å². The van der Waals surface area contributed by atoms with E-state index in [0.717, 1.165) is 0 Å². The minimum Gasteiger partial charge on any atom is -0.508 e. The van der Waals surface area contributed by atoms with Crippen molar-refractivity contribution in [1.82, 2.24) is 0 Å². The molecule has 0 atom stereocenters. The average molecular weight is 293 g/mol. The lowest BCUT2D eigenvalue weighted by atomic mass is 10.1. The number of nitrogens with two attached hydrogens (primary N) is 1. The Kier molecular flexibility index (Phi) is 2.97. The van der Waals surface area contributed by atoms with E-state index in [4.69, 9.17) is 10.8 Å². The molecule has 0 radical (unpaired) electrons. The van der Waals surface area contributed by atoms with Gasteiger partial charge in [-0.1, -0.05) is 22.6 Å². The van der Waals surface area contributed by atoms with E-state index in [1.54, 1.807) is 0 Å². The number of halogens is 1. The van der Waals surface area contributed by atoms with Gasteiger partial charge in [0, 0.05) is 15.7 Å². The third-order valence-electron chi connectivity index (χ3n) is 1.64. The zero-order valence-corrected chi connectivity index (χ0v) is 8.78. The largest absolute Gasteiger partial charge is 0.508 e. The normalized spacial score (nSPS) is 9.92. The summed E-state index contributed by atoms with van der Waals surface area (Å²) in [6.07, 6.45) is 0. The van der Waals surface area contributed by atoms with Crippen molar-refractivity contribution < 1.29 is 15.0 Å². The van der Waals surface area contributed by atoms with Gasteiger partial charge in [0.2, 0.25) is 0 Å². The molecule has 0 aliphatic heterocycles. The van der Waals surface area contributed by atoms with Crippen LogP contribution in [0.25, 0.3) is 0 Å². The maximum atomic E-state index is 10.5. The summed E-state index contributed by atoms with van der Waals surface area (Å²) < 4.78 is 0.551. The molecule has 4 N–H and O–H groups in total. The molecule has 0 fully saturated rings. The molecule has 1 aromatic carbocycles. The van der Waals surface area contributed by atoms with Gasteiger partial charge >= 0.3 is 5.97 Å². The number of rotatable bonds is 2. The summed E-state index contributed by atoms with van der Waals surface area (Å²) in [7, 11) is 0. The Hall–Kier alpha value is -0.980. The van der Waals surface area contributed by atoms with E-state index in [1.807, 2.05) is 22.6 Å². The quantitative estimate of drug-likeness (QED) is 0.439. The molecule has 1 rings (SSSR count). The fraction of sp³-hybridized carbons (Fsp3) is 0.125. The smallest absolute Gasteiger partial charge is 0.335 e. The van der Waals surface area contributed by atoms with Crippen LogP contribution in [0.4, 0.5) is 5.69 Å². The summed E-state index contributed by atoms with van der Waals surface area (Å²) >= 11 is 2.05. The molecule has 1 aromatic rings. The van der Waals surface area contributed by atoms with Gasteiger partial charge in [-0.3, -0.25) is 0 Å². The van der Waals surface area contributed by atoms with Crippen LogP contribution < -0.4 is 5.73 Å². The molecule has 5 heteroatoms. The average Bonchev–Trinajstić information content (AvgIpc) is 2.03. The third-order valence-corrected chi connectivity index (χ3v) is 2.40. The van der Waals surface area contributed by atoms with Gasteiger partial charge in [0.1, 0.15) is 5.75 Å². The van der Waals surface area contributed by atoms with Crippen LogP contribution >= 0.6 is 22.6 Å². The van der Waals surface area contributed by atoms with Crippen molar-refractivity contribution in [3.05, 3.63) is 23.3 Å². The van der Waals surface area contributed by atoms with Gasteiger partial charge in [0.25, 0.3) is 0 Å². The number of phenols is 1. The number of phenolic OH excluding ortho intramolecular Hbond substituents is 1. The first kappa shape index (κ1) is 10.1. The molecule has 0 saturated carbocycles. The lowest BCUT2D eigenvalue weighted by Crippen LogP contribution is -2.00. The number of anilines is 1. The molecule has 0 spiro atoms. The van der Waals surface area contributed by atoms with E-state index >= 15 is 0 Å². The van der Waals surface area contributed by atoms with Gasteiger partial charge in [0.05, 0.1) is 5.56 Å². The van der Waals surface area contributed by atoms with E-state index in [9.17, 15) is 9.90 Å². The second-order valence-corrected chi connectivity index (χ2v) is 3.26. The minimum atomic E-state index is -1.10. The summed E-state index contributed by atoms with van der Waals surface area (Å²) in [5.41, 5.74) is 6.43. The van der Waals surface area contributed by atoms with E-state index in [1.165, 1.54) is 12.1 Å². The first-order valence-corrected chi connectivity index (χ1v) is 4.99. The van der Waals surface area contributed by atoms with Crippen molar-refractivity contribution >= 4 is 34.2 Å². The number of aromatic hydroxyl groups is 1. The Balaban J connectivity index is 3.28. The summed E-state index contributed by atoms with van der Waals surface area (Å²) in [5.74, 6) is -1.16. The number of nitrogen functional groups attached to an aromatic ring is 1. The van der Waals surface area contributed by atoms with Crippen LogP contribution in [0.5, 0.6) is 5.75 Å². The van der Waals surface area contributed by atoms with Crippen LogP contribution in [0.15, 0.2) is 12.1 Å². The number of hydrogen-bond donors (Lipinski definition) is 3. The second-order valence-electron chi connectivity index (χ2n) is 2.50. The highest BCUT2D eigenvalue weighted by Gasteiger charge is 2.10. The SMILES string of the molecule is Nc1cc(C(=O)O)cc(O)c1CI. The van der Waals surface area contributed by atoms with Crippen LogP contribution in [0.2, 0.25) is 0 Å². The molecule has 0 saturated heterocycles. The molecule has 70 valence electrons. The molecule has 0 aliphatic rings. The lowest BCUT2D eigenvalue weighted by molar-refractivity contribution is 0.0696. The lowest BCUT2D eigenvalue weighted by Gasteiger charge is -2.06. The summed E-state index contributed by atoms with van der Waals surface area (Å²) in [5, 5.41) is 18.0. The van der Waals surface area contributed by atoms with Crippen LogP contribution in [0, 0.1) is 0 Å². The number of benzene rings is 1. The van der Waals surface area contributed by atoms with Gasteiger partial charge in [-0.2, -0.15) is 0 Å². The standard InChI is InChI=1S/C8H8INO3/c9-3-5-6(10)1-4(8(12)13)2-7(5)11/h1-2,11H,3,10H2,(H,12,13). The highest BCUT2D eigenvalue weighted by Crippen LogP contribution is 2.27. The Bertz CT molecular complexity index is 328. The number of hydrogen-bond acceptors (Lipinski definition) is 3. The number of carbonyl (C=O) groups is 1. The van der Waals surface area contributed by atoms with Crippen LogP contribution in [-0.2, 0) is 4.43 Å². The molecule has 0 heterocycles. The summed E-state index contributed by atoms with van der Waals surface area (Å²) in [6, 6.07) is 2.54. The van der Waals surface area contributed by atoms with Crippen molar-refractivity contribution in [2.24, 2.45) is 0 Å². The highest BCUT2D eigenvalue weighted by atomic mass is 127. The molecular weight excluding hydrogens is 285 g/mol. The Morgan fingerprint density at radius 3 is 2.54 bits per heavy atom. The van der Waals surface area contributed by atoms with E-state index in [2.05, 4.69) is 0 Å². The van der Waals surface area contributed by atoms with E-state index in [0.29, 0.717) is 15.7 Å². The number of carboxylic acids is 1. The van der Waals surface area contributed by atoms with Crippen LogP contribution in [0.3, 0.4) is 0 Å². The van der Waals surface area contributed by atoms with Crippen molar-refractivity contribution in [3.8, 4) is 5.75 Å². The fourth-order valence-electron chi connectivity index (χ4n) is 0.948. The molecule has 0 aliphatic carbocycles. The van der Waals surface area contributed by atoms with Crippen LogP contribution in [-0.4, -0.2) is 16.2 Å². The number of aromatic carboxylic acids is 1. The maximum Gasteiger partial charge on any atom is 0.335 e.